The fraction of sp³-hybridized carbons (Fsp3) is 0.929. The van der Waals surface area contributed by atoms with Crippen LogP contribution in [0.2, 0.25) is 0 Å². The number of nitrogens with zero attached hydrogens (tertiary/aromatic N) is 3. The Kier molecular flexibility index (Phi) is 14.1. The zero-order valence-electron chi connectivity index (χ0n) is 17.0. The number of carboxylic acid groups (broad SMARTS) is 1. The van der Waals surface area contributed by atoms with E-state index in [9.17, 15) is 33.2 Å². The van der Waals surface area contributed by atoms with Crippen LogP contribution >= 0.6 is 22.1 Å². The molecule has 1 fully saturated rings. The second-order valence-corrected chi connectivity index (χ2v) is 14.4. The summed E-state index contributed by atoms with van der Waals surface area (Å²) < 4.78 is 36.2. The van der Waals surface area contributed by atoms with Gasteiger partial charge in [0.05, 0.1) is 25.3 Å². The van der Waals surface area contributed by atoms with Gasteiger partial charge in [0, 0.05) is 45.4 Å². The predicted octanol–water partition coefficient (Wildman–Crippen LogP) is -1.04. The summed E-state index contributed by atoms with van der Waals surface area (Å²) in [7, 11) is -11.4. The van der Waals surface area contributed by atoms with Crippen LogP contribution in [0.1, 0.15) is 6.42 Å². The van der Waals surface area contributed by atoms with Gasteiger partial charge in [-0.25, -0.2) is 0 Å². The number of hydrogen-bond donors (Lipinski definition) is 6. The predicted molar refractivity (Wildman–Crippen MR) is 110 cm³/mol. The van der Waals surface area contributed by atoms with Gasteiger partial charge in [-0.3, -0.25) is 33.2 Å². The van der Waals surface area contributed by atoms with Gasteiger partial charge in [0.25, 0.3) is 0 Å². The van der Waals surface area contributed by atoms with Crippen molar-refractivity contribution in [3.8, 4) is 0 Å². The first-order valence-corrected chi connectivity index (χ1v) is 15.4. The van der Waals surface area contributed by atoms with E-state index in [0.717, 1.165) is 0 Å². The Hall–Kier alpha value is 0.359. The summed E-state index contributed by atoms with van der Waals surface area (Å²) in [6.45, 7) is 1.48. The molecule has 187 valence electrons. The minimum absolute atomic E-state index is 0. The second kappa shape index (κ2) is 13.9. The standard InChI is InChI=1S/C14H32N3O10P3.Cu/c18-12-29(24,25)10-16-4-2-15(9-28(22,23)8-1-14(20)21)3-5-17(7-6-16)11-30(26,27)13-19;/h18-19H,1-13H2,(H,20,21)(H,22,23)(H,24,25)(H,26,27);/q;+2/i;1+0. The Labute approximate surface area is 191 Å². The molecule has 31 heavy (non-hydrogen) atoms. The van der Waals surface area contributed by atoms with Crippen LogP contribution in [0.25, 0.3) is 0 Å². The molecule has 3 atom stereocenters. The van der Waals surface area contributed by atoms with E-state index in [1.807, 2.05) is 0 Å². The summed E-state index contributed by atoms with van der Waals surface area (Å²) in [5, 5.41) is 26.9. The first kappa shape index (κ1) is 31.4. The minimum atomic E-state index is -3.81. The molecule has 0 saturated carbocycles. The van der Waals surface area contributed by atoms with Gasteiger partial charge < -0.3 is 30.0 Å². The molecule has 6 N–H and O–H groups in total. The molecule has 0 aromatic heterocycles. The fourth-order valence-corrected chi connectivity index (χ4v) is 6.56. The third-order valence-corrected chi connectivity index (χ3v) is 8.91. The maximum atomic E-state index is 12.4. The van der Waals surface area contributed by atoms with Crippen LogP contribution in [0.5, 0.6) is 0 Å². The van der Waals surface area contributed by atoms with E-state index in [1.54, 1.807) is 14.7 Å². The van der Waals surface area contributed by atoms with Gasteiger partial charge in [-0.05, 0) is 0 Å². The largest absolute Gasteiger partial charge is 2.00 e. The number of aliphatic hydroxyl groups is 2. The van der Waals surface area contributed by atoms with Gasteiger partial charge in [0.2, 0.25) is 22.1 Å². The average molecular weight is 559 g/mol. The fourth-order valence-electron chi connectivity index (χ4n) is 2.98. The van der Waals surface area contributed by atoms with Crippen molar-refractivity contribution in [1.82, 2.24) is 14.7 Å². The second-order valence-electron chi connectivity index (χ2n) is 7.47. The van der Waals surface area contributed by atoms with Gasteiger partial charge in [-0.15, -0.1) is 0 Å². The summed E-state index contributed by atoms with van der Waals surface area (Å²) in [5.41, 5.74) is 0. The van der Waals surface area contributed by atoms with Crippen LogP contribution in [-0.2, 0) is 35.6 Å². The van der Waals surface area contributed by atoms with Crippen LogP contribution in [0, 0.1) is 0 Å². The van der Waals surface area contributed by atoms with Gasteiger partial charge in [0.1, 0.15) is 12.7 Å². The summed E-state index contributed by atoms with van der Waals surface area (Å²) in [6, 6.07) is 0. The zero-order valence-corrected chi connectivity index (χ0v) is 20.6. The third-order valence-electron chi connectivity index (χ3n) is 4.58. The van der Waals surface area contributed by atoms with Gasteiger partial charge in [-0.1, -0.05) is 0 Å². The van der Waals surface area contributed by atoms with Gasteiger partial charge in [0.15, 0.2) is 0 Å². The van der Waals surface area contributed by atoms with E-state index in [4.69, 9.17) is 15.3 Å². The molecule has 1 saturated heterocycles. The molecule has 0 amide bonds. The molecule has 0 bridgehead atoms. The van der Waals surface area contributed by atoms with E-state index in [2.05, 4.69) is 0 Å². The third kappa shape index (κ3) is 13.6. The number of carbonyl (C=O) groups is 1. The van der Waals surface area contributed by atoms with E-state index in [-0.39, 0.29) is 81.4 Å². The molecular formula is C14H32CuN3O10P3+2. The van der Waals surface area contributed by atoms with Gasteiger partial charge in [-0.2, -0.15) is 0 Å². The molecule has 17 heteroatoms. The number of aliphatic hydroxyl groups excluding tert-OH is 2. The van der Waals surface area contributed by atoms with Crippen molar-refractivity contribution in [3.05, 3.63) is 0 Å². The Morgan fingerprint density at radius 1 is 0.677 bits per heavy atom. The molecule has 1 heterocycles. The molecular weight excluding hydrogens is 527 g/mol. The smallest absolute Gasteiger partial charge is 0.481 e. The molecule has 0 aromatic rings. The minimum Gasteiger partial charge on any atom is -0.481 e. The van der Waals surface area contributed by atoms with E-state index in [0.29, 0.717) is 0 Å². The van der Waals surface area contributed by atoms with E-state index >= 15 is 0 Å². The Morgan fingerprint density at radius 2 is 0.968 bits per heavy atom. The molecule has 1 rings (SSSR count). The summed E-state index contributed by atoms with van der Waals surface area (Å²) in [4.78, 5) is 45.1. The summed E-state index contributed by atoms with van der Waals surface area (Å²) in [6.07, 6.45) is -3.53. The molecule has 0 aliphatic carbocycles. The van der Waals surface area contributed by atoms with Crippen molar-refractivity contribution in [2.24, 2.45) is 0 Å². The van der Waals surface area contributed by atoms with Crippen LogP contribution in [-0.4, -0.2) is 128 Å². The van der Waals surface area contributed by atoms with E-state index < -0.39 is 47.2 Å². The molecule has 1 radical (unpaired) electrons. The maximum Gasteiger partial charge on any atom is 2.00 e. The summed E-state index contributed by atoms with van der Waals surface area (Å²) in [5.74, 6) is -1.18. The van der Waals surface area contributed by atoms with Crippen LogP contribution in [0.3, 0.4) is 0 Å². The molecule has 13 nitrogen and oxygen atoms in total. The molecule has 1 aliphatic heterocycles. The van der Waals surface area contributed by atoms with Gasteiger partial charge >= 0.3 is 23.0 Å². The number of carboxylic acids is 1. The normalized spacial score (nSPS) is 23.3. The Balaban J connectivity index is 0.00000900. The SMILES string of the molecule is O=C(O)CCP(=O)(O)CN1CCN(CP(=O)(O)CO)CCN(CP(=O)(O)CO)CC1.[64Cu+2]. The van der Waals surface area contributed by atoms with Crippen LogP contribution < -0.4 is 0 Å². The number of hydrogen-bond acceptors (Lipinski definition) is 9. The van der Waals surface area contributed by atoms with E-state index in [1.165, 1.54) is 0 Å². The molecule has 1 aliphatic rings. The molecule has 0 spiro atoms. The van der Waals surface area contributed by atoms with Crippen molar-refractivity contribution >= 4 is 28.1 Å². The Bertz CT molecular complexity index is 677. The first-order chi connectivity index (χ1) is 13.8. The molecule has 0 aromatic carbocycles. The van der Waals surface area contributed by atoms with Crippen molar-refractivity contribution in [2.45, 2.75) is 6.42 Å². The Morgan fingerprint density at radius 3 is 1.23 bits per heavy atom. The monoisotopic (exact) mass is 559 g/mol. The summed E-state index contributed by atoms with van der Waals surface area (Å²) >= 11 is 0. The van der Waals surface area contributed by atoms with Crippen molar-refractivity contribution in [1.29, 1.82) is 0 Å². The van der Waals surface area contributed by atoms with Crippen molar-refractivity contribution in [3.63, 3.8) is 0 Å². The topological polar surface area (TPSA) is 199 Å². The maximum absolute atomic E-state index is 12.4. The first-order valence-electron chi connectivity index (χ1n) is 9.30. The van der Waals surface area contributed by atoms with Crippen molar-refractivity contribution in [2.75, 3.05) is 77.0 Å². The number of rotatable bonds is 11. The molecule has 3 unspecified atom stereocenters. The number of aliphatic carboxylic acids is 1. The zero-order chi connectivity index (χ0) is 23.0. The van der Waals surface area contributed by atoms with Crippen LogP contribution in [0.15, 0.2) is 0 Å². The quantitative estimate of drug-likeness (QED) is 0.133. The van der Waals surface area contributed by atoms with Crippen LogP contribution in [0.4, 0.5) is 0 Å². The average Bonchev–Trinajstić information content (AvgIpc) is 2.72. The van der Waals surface area contributed by atoms with Crippen molar-refractivity contribution < 1.29 is 65.6 Å².